The minimum absolute atomic E-state index is 0.583. The predicted octanol–water partition coefficient (Wildman–Crippen LogP) is 0.0335. The first kappa shape index (κ1) is 7.98. The third-order valence-corrected chi connectivity index (χ3v) is 0.500. The summed E-state index contributed by atoms with van der Waals surface area (Å²) in [6.07, 6.45) is 0.583. The largest absolute Gasteiger partial charge is 0.692 e. The van der Waals surface area contributed by atoms with Gasteiger partial charge in [0.1, 0.15) is 0 Å². The second-order valence-corrected chi connectivity index (χ2v) is 1.90. The highest BCUT2D eigenvalue weighted by Crippen LogP contribution is 2.04. The number of hydrogen-bond acceptors (Lipinski definition) is 2. The van der Waals surface area contributed by atoms with Gasteiger partial charge in [0.2, 0.25) is 0 Å². The van der Waals surface area contributed by atoms with Crippen LogP contribution in [0, 0.1) is 0 Å². The lowest BCUT2D eigenvalue weighted by Gasteiger charge is -1.50. The molecule has 0 aliphatic carbocycles. The second-order valence-electron chi connectivity index (χ2n) is 1.40. The molecule has 1 aliphatic heterocycles. The molecule has 1 fully saturated rings. The Morgan fingerprint density at radius 3 is 1.88 bits per heavy atom. The minimum Gasteiger partial charge on any atom is -0.373 e. The first-order chi connectivity index (χ1) is 3.63. The van der Waals surface area contributed by atoms with Crippen LogP contribution in [0.1, 0.15) is 6.92 Å². The Balaban J connectivity index is 0.000000122. The third kappa shape index (κ3) is 16.7. The van der Waals surface area contributed by atoms with Crippen LogP contribution in [0.15, 0.2) is 0 Å². The summed E-state index contributed by atoms with van der Waals surface area (Å²) in [7, 11) is -2.87. The maximum atomic E-state index is 8.70. The number of hydrogen-bond donors (Lipinski definition) is 2. The Hall–Kier alpha value is -0.0200. The Bertz CT molecular complexity index is 75.4. The third-order valence-electron chi connectivity index (χ3n) is 0.500. The molecule has 0 saturated carbocycles. The van der Waals surface area contributed by atoms with E-state index < -0.39 is 8.25 Å². The maximum Gasteiger partial charge on any atom is 0.692 e. The van der Waals surface area contributed by atoms with Crippen LogP contribution in [0.5, 0.6) is 0 Å². The molecule has 0 spiro atoms. The molecule has 48 valence electrons. The lowest BCUT2D eigenvalue weighted by atomic mass is 10.6. The summed E-state index contributed by atoms with van der Waals surface area (Å²) in [4.78, 5) is 14.2. The van der Waals surface area contributed by atoms with Crippen molar-refractivity contribution >= 4 is 8.25 Å². The molecule has 0 aromatic rings. The summed E-state index contributed by atoms with van der Waals surface area (Å²) in [6.45, 7) is 3.04. The van der Waals surface area contributed by atoms with Crippen molar-refractivity contribution in [1.29, 1.82) is 0 Å². The zero-order chi connectivity index (χ0) is 6.57. The highest BCUT2D eigenvalue weighted by Gasteiger charge is 2.13. The zero-order valence-electron chi connectivity index (χ0n) is 4.44. The first-order valence-electron chi connectivity index (χ1n) is 2.09. The van der Waals surface area contributed by atoms with E-state index >= 15 is 0 Å². The van der Waals surface area contributed by atoms with Gasteiger partial charge in [0.05, 0.1) is 12.7 Å². The molecule has 0 bridgehead atoms. The molecule has 5 heteroatoms. The van der Waals surface area contributed by atoms with Crippen molar-refractivity contribution in [3.8, 4) is 0 Å². The van der Waals surface area contributed by atoms with Gasteiger partial charge in [-0.15, -0.1) is 9.79 Å². The molecular formula is C3H8O4P+. The standard InChI is InChI=1S/C3H6O.HO3P/c1-3-2-4-3;1-4(2)3/h3H,2H2,1H3;(H-,1,2,3)/p+1. The summed E-state index contributed by atoms with van der Waals surface area (Å²) >= 11 is 0. The summed E-state index contributed by atoms with van der Waals surface area (Å²) in [5.74, 6) is 0. The van der Waals surface area contributed by atoms with Gasteiger partial charge < -0.3 is 4.74 Å². The summed E-state index contributed by atoms with van der Waals surface area (Å²) in [5.41, 5.74) is 0. The van der Waals surface area contributed by atoms with Gasteiger partial charge >= 0.3 is 8.25 Å². The van der Waals surface area contributed by atoms with Crippen LogP contribution >= 0.6 is 8.25 Å². The van der Waals surface area contributed by atoms with Crippen molar-refractivity contribution in [3.63, 3.8) is 0 Å². The topological polar surface area (TPSA) is 70.1 Å². The van der Waals surface area contributed by atoms with Crippen LogP contribution in [0.4, 0.5) is 0 Å². The van der Waals surface area contributed by atoms with Gasteiger partial charge in [-0.3, -0.25) is 0 Å². The molecule has 1 atom stereocenters. The van der Waals surface area contributed by atoms with Crippen molar-refractivity contribution in [2.45, 2.75) is 13.0 Å². The molecular weight excluding hydrogens is 131 g/mol. The average molecular weight is 139 g/mol. The van der Waals surface area contributed by atoms with Gasteiger partial charge in [-0.1, -0.05) is 0 Å². The molecule has 4 nitrogen and oxygen atoms in total. The number of epoxide rings is 1. The van der Waals surface area contributed by atoms with Gasteiger partial charge in [-0.05, 0) is 6.92 Å². The molecule has 0 radical (unpaired) electrons. The van der Waals surface area contributed by atoms with Gasteiger partial charge in [-0.2, -0.15) is 0 Å². The van der Waals surface area contributed by atoms with E-state index in [1.165, 1.54) is 0 Å². The summed E-state index contributed by atoms with van der Waals surface area (Å²) in [5, 5.41) is 0. The molecule has 8 heavy (non-hydrogen) atoms. The quantitative estimate of drug-likeness (QED) is 0.367. The van der Waals surface area contributed by atoms with Gasteiger partial charge in [0, 0.05) is 4.57 Å². The Morgan fingerprint density at radius 1 is 1.75 bits per heavy atom. The van der Waals surface area contributed by atoms with Crippen molar-refractivity contribution in [1.82, 2.24) is 0 Å². The first-order valence-corrected chi connectivity index (χ1v) is 3.26. The van der Waals surface area contributed by atoms with Crippen LogP contribution in [0.3, 0.4) is 0 Å². The average Bonchev–Trinajstić information content (AvgIpc) is 2.19. The molecule has 0 aromatic carbocycles. The fourth-order valence-electron chi connectivity index (χ4n) is 0.0962. The van der Waals surface area contributed by atoms with E-state index in [1.807, 2.05) is 0 Å². The molecule has 1 heterocycles. The molecule has 1 saturated heterocycles. The van der Waals surface area contributed by atoms with Gasteiger partial charge in [-0.25, -0.2) is 0 Å². The summed E-state index contributed by atoms with van der Waals surface area (Å²) < 4.78 is 13.4. The molecule has 0 aromatic heterocycles. The molecule has 1 rings (SSSR count). The summed E-state index contributed by atoms with van der Waals surface area (Å²) in [6, 6.07) is 0. The van der Waals surface area contributed by atoms with E-state index in [0.717, 1.165) is 6.61 Å². The van der Waals surface area contributed by atoms with E-state index in [4.69, 9.17) is 19.1 Å². The molecule has 1 aliphatic rings. The van der Waals surface area contributed by atoms with Crippen LogP contribution in [0.25, 0.3) is 0 Å². The highest BCUT2D eigenvalue weighted by molar-refractivity contribution is 7.30. The van der Waals surface area contributed by atoms with Crippen molar-refractivity contribution in [2.24, 2.45) is 0 Å². The van der Waals surface area contributed by atoms with Crippen LogP contribution in [0.2, 0.25) is 0 Å². The highest BCUT2D eigenvalue weighted by atomic mass is 31.1. The van der Waals surface area contributed by atoms with E-state index in [0.29, 0.717) is 6.10 Å². The number of ether oxygens (including phenoxy) is 1. The SMILES string of the molecule is CC1CO1.O=[P+](O)O. The zero-order valence-corrected chi connectivity index (χ0v) is 5.34. The molecule has 0 amide bonds. The smallest absolute Gasteiger partial charge is 0.373 e. The lowest BCUT2D eigenvalue weighted by molar-refractivity contribution is 0.405. The fraction of sp³-hybridized carbons (Fsp3) is 1.00. The van der Waals surface area contributed by atoms with E-state index in [2.05, 4.69) is 6.92 Å². The van der Waals surface area contributed by atoms with Crippen LogP contribution in [-0.4, -0.2) is 22.5 Å². The maximum absolute atomic E-state index is 8.70. The predicted molar refractivity (Wildman–Crippen MR) is 27.5 cm³/mol. The Morgan fingerprint density at radius 2 is 1.88 bits per heavy atom. The molecule has 1 unspecified atom stereocenters. The number of rotatable bonds is 0. The lowest BCUT2D eigenvalue weighted by Crippen LogP contribution is -1.60. The van der Waals surface area contributed by atoms with Crippen LogP contribution < -0.4 is 0 Å². The van der Waals surface area contributed by atoms with Crippen molar-refractivity contribution in [3.05, 3.63) is 0 Å². The van der Waals surface area contributed by atoms with Crippen LogP contribution in [-0.2, 0) is 9.30 Å². The molecule has 2 N–H and O–H groups in total. The van der Waals surface area contributed by atoms with Gasteiger partial charge in [0.25, 0.3) is 0 Å². The van der Waals surface area contributed by atoms with Gasteiger partial charge in [0.15, 0.2) is 0 Å². The second kappa shape index (κ2) is 3.92. The Labute approximate surface area is 48.0 Å². The van der Waals surface area contributed by atoms with E-state index in [9.17, 15) is 0 Å². The van der Waals surface area contributed by atoms with E-state index in [-0.39, 0.29) is 0 Å². The van der Waals surface area contributed by atoms with Crippen molar-refractivity contribution in [2.75, 3.05) is 6.61 Å². The minimum atomic E-state index is -2.87. The Kier molecular flexibility index (Phi) is 3.91. The fourth-order valence-corrected chi connectivity index (χ4v) is 0.0962. The monoisotopic (exact) mass is 139 g/mol. The van der Waals surface area contributed by atoms with E-state index in [1.54, 1.807) is 0 Å². The van der Waals surface area contributed by atoms with Crippen molar-refractivity contribution < 1.29 is 19.1 Å². The normalized spacial score (nSPS) is 23.1.